The van der Waals surface area contributed by atoms with Crippen LogP contribution in [0.4, 0.5) is 14.7 Å². The third kappa shape index (κ3) is 2.57. The predicted molar refractivity (Wildman–Crippen MR) is 63.2 cm³/mol. The van der Waals surface area contributed by atoms with Gasteiger partial charge < -0.3 is 4.74 Å². The summed E-state index contributed by atoms with van der Waals surface area (Å²) in [5, 5.41) is 10.6. The predicted octanol–water partition coefficient (Wildman–Crippen LogP) is 2.32. The van der Waals surface area contributed by atoms with E-state index in [0.29, 0.717) is 5.56 Å². The summed E-state index contributed by atoms with van der Waals surface area (Å²) in [6.45, 7) is 0. The van der Waals surface area contributed by atoms with E-state index in [-0.39, 0.29) is 17.3 Å². The molecule has 1 aromatic carbocycles. The van der Waals surface area contributed by atoms with Gasteiger partial charge in [-0.05, 0) is 6.07 Å². The lowest BCUT2D eigenvalue weighted by atomic mass is 10.1. The molecule has 1 N–H and O–H groups in total. The Kier molecular flexibility index (Phi) is 3.52. The van der Waals surface area contributed by atoms with Crippen LogP contribution in [0.2, 0.25) is 0 Å². The third-order valence-electron chi connectivity index (χ3n) is 2.37. The first-order chi connectivity index (χ1) is 9.15. The number of nitrogens with one attached hydrogen (secondary N) is 1. The average molecular weight is 262 g/mol. The highest BCUT2D eigenvalue weighted by Gasteiger charge is 2.12. The zero-order valence-corrected chi connectivity index (χ0v) is 9.82. The molecular weight excluding hydrogens is 254 g/mol. The number of hydrogen-bond acceptors (Lipinski definition) is 5. The number of anilines is 1. The molecule has 0 radical (unpaired) electrons. The lowest BCUT2D eigenvalue weighted by Crippen LogP contribution is -1.97. The molecule has 2 rings (SSSR count). The van der Waals surface area contributed by atoms with Gasteiger partial charge in [0.2, 0.25) is 5.95 Å². The second kappa shape index (κ2) is 5.27. The third-order valence-corrected chi connectivity index (χ3v) is 2.37. The number of benzene rings is 1. The molecule has 0 aliphatic rings. The van der Waals surface area contributed by atoms with Crippen LogP contribution in [0.3, 0.4) is 0 Å². The van der Waals surface area contributed by atoms with Crippen molar-refractivity contribution in [2.75, 3.05) is 12.4 Å². The van der Waals surface area contributed by atoms with Crippen LogP contribution >= 0.6 is 0 Å². The van der Waals surface area contributed by atoms with Gasteiger partial charge in [-0.2, -0.15) is 5.26 Å². The van der Waals surface area contributed by atoms with Crippen LogP contribution in [0.25, 0.3) is 11.1 Å². The summed E-state index contributed by atoms with van der Waals surface area (Å²) in [6.07, 6.45) is 4.23. The minimum Gasteiger partial charge on any atom is -0.494 e. The fourth-order valence-electron chi connectivity index (χ4n) is 1.49. The number of methoxy groups -OCH3 is 1. The van der Waals surface area contributed by atoms with E-state index in [0.717, 1.165) is 12.1 Å². The van der Waals surface area contributed by atoms with E-state index in [1.165, 1.54) is 19.5 Å². The van der Waals surface area contributed by atoms with Crippen molar-refractivity contribution in [1.29, 1.82) is 5.26 Å². The standard InChI is InChI=1S/C12H8F2N4O/c1-19-11-3-9(13)8(2-10(11)14)7-4-16-12(17-5-7)18-6-15/h2-5H,1H3,(H,16,17,18). The van der Waals surface area contributed by atoms with Crippen LogP contribution in [-0.4, -0.2) is 17.1 Å². The number of ether oxygens (including phenoxy) is 1. The molecule has 1 aromatic heterocycles. The lowest BCUT2D eigenvalue weighted by molar-refractivity contribution is 0.383. The highest BCUT2D eigenvalue weighted by Crippen LogP contribution is 2.28. The van der Waals surface area contributed by atoms with Crippen molar-refractivity contribution in [1.82, 2.24) is 9.97 Å². The summed E-state index contributed by atoms with van der Waals surface area (Å²) in [7, 11) is 1.25. The van der Waals surface area contributed by atoms with Crippen LogP contribution in [0.15, 0.2) is 24.5 Å². The Labute approximate surface area is 107 Å². The number of nitrogens with zero attached hydrogens (tertiary/aromatic N) is 3. The van der Waals surface area contributed by atoms with Gasteiger partial charge in [0, 0.05) is 29.6 Å². The number of halogens is 2. The number of nitriles is 1. The van der Waals surface area contributed by atoms with E-state index in [1.807, 2.05) is 0 Å². The Hall–Kier alpha value is -2.75. The molecule has 0 saturated heterocycles. The molecule has 1 heterocycles. The molecule has 0 spiro atoms. The monoisotopic (exact) mass is 262 g/mol. The van der Waals surface area contributed by atoms with Gasteiger partial charge in [-0.15, -0.1) is 0 Å². The minimum absolute atomic E-state index is 0.0156. The molecule has 0 saturated carbocycles. The van der Waals surface area contributed by atoms with Gasteiger partial charge in [-0.3, -0.25) is 5.32 Å². The Morgan fingerprint density at radius 3 is 2.47 bits per heavy atom. The Morgan fingerprint density at radius 1 is 1.21 bits per heavy atom. The molecule has 96 valence electrons. The van der Waals surface area contributed by atoms with Crippen LogP contribution in [0.1, 0.15) is 0 Å². The highest BCUT2D eigenvalue weighted by atomic mass is 19.1. The van der Waals surface area contributed by atoms with Crippen molar-refractivity contribution >= 4 is 5.95 Å². The van der Waals surface area contributed by atoms with E-state index >= 15 is 0 Å². The summed E-state index contributed by atoms with van der Waals surface area (Å²) in [5.74, 6) is -1.42. The molecule has 2 aromatic rings. The average Bonchev–Trinajstić information content (AvgIpc) is 2.42. The van der Waals surface area contributed by atoms with Gasteiger partial charge in [-0.1, -0.05) is 0 Å². The maximum atomic E-state index is 13.8. The largest absolute Gasteiger partial charge is 0.494 e. The van der Waals surface area contributed by atoms with Gasteiger partial charge in [0.05, 0.1) is 7.11 Å². The van der Waals surface area contributed by atoms with Gasteiger partial charge in [0.15, 0.2) is 17.8 Å². The highest BCUT2D eigenvalue weighted by molar-refractivity contribution is 5.64. The van der Waals surface area contributed by atoms with Crippen molar-refractivity contribution in [2.24, 2.45) is 0 Å². The lowest BCUT2D eigenvalue weighted by Gasteiger charge is -2.07. The fraction of sp³-hybridized carbons (Fsp3) is 0.0833. The van der Waals surface area contributed by atoms with E-state index in [1.54, 1.807) is 6.19 Å². The molecule has 0 atom stereocenters. The molecule has 0 bridgehead atoms. The van der Waals surface area contributed by atoms with Gasteiger partial charge >= 0.3 is 0 Å². The van der Waals surface area contributed by atoms with Crippen LogP contribution in [-0.2, 0) is 0 Å². The molecule has 0 unspecified atom stereocenters. The molecular formula is C12H8F2N4O. The van der Waals surface area contributed by atoms with Crippen molar-refractivity contribution < 1.29 is 13.5 Å². The van der Waals surface area contributed by atoms with Crippen LogP contribution in [0, 0.1) is 23.1 Å². The van der Waals surface area contributed by atoms with Crippen molar-refractivity contribution in [3.8, 4) is 23.1 Å². The van der Waals surface area contributed by atoms with Gasteiger partial charge in [0.1, 0.15) is 5.82 Å². The normalized spacial score (nSPS) is 9.79. The summed E-state index contributed by atoms with van der Waals surface area (Å²) in [5.41, 5.74) is 0.310. The number of rotatable bonds is 3. The number of aromatic nitrogens is 2. The number of hydrogen-bond donors (Lipinski definition) is 1. The zero-order valence-electron chi connectivity index (χ0n) is 9.82. The Morgan fingerprint density at radius 2 is 1.89 bits per heavy atom. The first-order valence-corrected chi connectivity index (χ1v) is 5.16. The first kappa shape index (κ1) is 12.7. The Balaban J connectivity index is 2.42. The van der Waals surface area contributed by atoms with Crippen molar-refractivity contribution in [3.05, 3.63) is 36.2 Å². The molecule has 19 heavy (non-hydrogen) atoms. The van der Waals surface area contributed by atoms with E-state index in [4.69, 9.17) is 5.26 Å². The summed E-state index contributed by atoms with van der Waals surface area (Å²) < 4.78 is 32.0. The first-order valence-electron chi connectivity index (χ1n) is 5.16. The maximum Gasteiger partial charge on any atom is 0.236 e. The maximum absolute atomic E-state index is 13.8. The molecule has 0 fully saturated rings. The molecule has 0 aliphatic heterocycles. The van der Waals surface area contributed by atoms with Crippen molar-refractivity contribution in [2.45, 2.75) is 0 Å². The summed E-state index contributed by atoms with van der Waals surface area (Å²) in [6, 6.07) is 1.95. The van der Waals surface area contributed by atoms with Crippen molar-refractivity contribution in [3.63, 3.8) is 0 Å². The van der Waals surface area contributed by atoms with Gasteiger partial charge in [0.25, 0.3) is 0 Å². The van der Waals surface area contributed by atoms with Gasteiger partial charge in [-0.25, -0.2) is 18.7 Å². The molecule has 7 heteroatoms. The summed E-state index contributed by atoms with van der Waals surface area (Å²) in [4.78, 5) is 7.59. The van der Waals surface area contributed by atoms with E-state index < -0.39 is 11.6 Å². The Bertz CT molecular complexity index is 637. The van der Waals surface area contributed by atoms with E-state index in [2.05, 4.69) is 20.0 Å². The van der Waals surface area contributed by atoms with E-state index in [9.17, 15) is 8.78 Å². The summed E-state index contributed by atoms with van der Waals surface area (Å²) >= 11 is 0. The van der Waals surface area contributed by atoms with Crippen LogP contribution < -0.4 is 10.1 Å². The zero-order chi connectivity index (χ0) is 13.8. The SMILES string of the molecule is COc1cc(F)c(-c2cnc(NC#N)nc2)cc1F. The fourth-order valence-corrected chi connectivity index (χ4v) is 1.49. The quantitative estimate of drug-likeness (QED) is 0.679. The van der Waals surface area contributed by atoms with Crippen LogP contribution in [0.5, 0.6) is 5.75 Å². The topological polar surface area (TPSA) is 70.8 Å². The minimum atomic E-state index is -0.682. The molecule has 5 nitrogen and oxygen atoms in total. The molecule has 0 aliphatic carbocycles. The molecule has 0 amide bonds. The second-order valence-corrected chi connectivity index (χ2v) is 3.50. The smallest absolute Gasteiger partial charge is 0.236 e. The second-order valence-electron chi connectivity index (χ2n) is 3.50.